The van der Waals surface area contributed by atoms with Crippen molar-refractivity contribution >= 4 is 27.5 Å². The summed E-state index contributed by atoms with van der Waals surface area (Å²) in [5.74, 6) is -0.758. The van der Waals surface area contributed by atoms with Crippen molar-refractivity contribution in [2.24, 2.45) is 5.73 Å². The van der Waals surface area contributed by atoms with E-state index in [0.29, 0.717) is 52.3 Å². The van der Waals surface area contributed by atoms with E-state index < -0.39 is 40.7 Å². The number of aryl methyl sites for hydroxylation is 1. The van der Waals surface area contributed by atoms with Crippen molar-refractivity contribution in [3.05, 3.63) is 68.4 Å². The maximum atomic E-state index is 14.6. The maximum absolute atomic E-state index is 14.6. The number of aliphatic hydroxyl groups excluding tert-OH is 1. The van der Waals surface area contributed by atoms with E-state index in [4.69, 9.17) is 19.6 Å². The van der Waals surface area contributed by atoms with Crippen LogP contribution in [0, 0.1) is 12.7 Å². The fourth-order valence-corrected chi connectivity index (χ4v) is 6.64. The number of oxazole rings is 1. The molecule has 0 radical (unpaired) electrons. The average molecular weight is 601 g/mol. The van der Waals surface area contributed by atoms with Crippen LogP contribution in [0.4, 0.5) is 4.39 Å². The second-order valence-corrected chi connectivity index (χ2v) is 12.0. The minimum Gasteiger partial charge on any atom is -0.496 e. The van der Waals surface area contributed by atoms with Crippen LogP contribution < -0.4 is 21.7 Å². The predicted molar refractivity (Wildman–Crippen MR) is 154 cm³/mol. The molecule has 4 aromatic rings. The summed E-state index contributed by atoms with van der Waals surface area (Å²) in [5, 5.41) is 10.2. The molecule has 13 heteroatoms. The highest BCUT2D eigenvalue weighted by atomic mass is 32.1. The van der Waals surface area contributed by atoms with E-state index in [0.717, 1.165) is 15.9 Å². The van der Waals surface area contributed by atoms with Gasteiger partial charge < -0.3 is 24.7 Å². The van der Waals surface area contributed by atoms with Gasteiger partial charge in [-0.05, 0) is 70.2 Å². The number of methoxy groups -OCH3 is 1. The number of amides is 1. The SMILES string of the molecule is COc1ccc(F)cc1[C@H](Cn1c(=O)n(C(C)(C)C(N)=O)c(=O)c2c(C)c(-c3ncco3)sc21)O[C@H]1CC[C@@H](O)CC1. The number of carbonyl (C=O) groups excluding carboxylic acids is 1. The predicted octanol–water partition coefficient (Wildman–Crippen LogP) is 3.62. The number of fused-ring (bicyclic) bond motifs is 1. The van der Waals surface area contributed by atoms with Crippen LogP contribution in [0.1, 0.15) is 56.8 Å². The zero-order valence-corrected chi connectivity index (χ0v) is 24.6. The van der Waals surface area contributed by atoms with Gasteiger partial charge in [-0.1, -0.05) is 0 Å². The van der Waals surface area contributed by atoms with E-state index in [-0.39, 0.29) is 23.9 Å². The van der Waals surface area contributed by atoms with Gasteiger partial charge in [0.1, 0.15) is 34.3 Å². The Morgan fingerprint density at radius 3 is 2.62 bits per heavy atom. The number of primary amides is 1. The molecule has 0 unspecified atom stereocenters. The highest BCUT2D eigenvalue weighted by molar-refractivity contribution is 7.22. The first kappa shape index (κ1) is 29.7. The molecule has 0 aliphatic heterocycles. The number of hydrogen-bond acceptors (Lipinski definition) is 9. The summed E-state index contributed by atoms with van der Waals surface area (Å²) in [6.07, 6.45) is 3.51. The van der Waals surface area contributed by atoms with Crippen LogP contribution >= 0.6 is 11.3 Å². The second-order valence-electron chi connectivity index (χ2n) is 11.0. The Morgan fingerprint density at radius 2 is 2.00 bits per heavy atom. The van der Waals surface area contributed by atoms with Gasteiger partial charge in [0.25, 0.3) is 5.56 Å². The number of aliphatic hydroxyl groups is 1. The minimum absolute atomic E-state index is 0.145. The molecule has 11 nitrogen and oxygen atoms in total. The number of rotatable bonds is 9. The number of hydrogen-bond donors (Lipinski definition) is 2. The van der Waals surface area contributed by atoms with Crippen LogP contribution in [-0.2, 0) is 21.6 Å². The molecule has 0 spiro atoms. The summed E-state index contributed by atoms with van der Waals surface area (Å²) in [7, 11) is 1.45. The number of ether oxygens (including phenoxy) is 2. The molecule has 1 fully saturated rings. The van der Waals surface area contributed by atoms with Crippen molar-refractivity contribution in [3.63, 3.8) is 0 Å². The summed E-state index contributed by atoms with van der Waals surface area (Å²) in [5.41, 5.74) is 3.43. The van der Waals surface area contributed by atoms with Crippen molar-refractivity contribution in [2.75, 3.05) is 7.11 Å². The van der Waals surface area contributed by atoms with Crippen molar-refractivity contribution in [2.45, 2.75) is 76.9 Å². The van der Waals surface area contributed by atoms with Gasteiger partial charge in [-0.15, -0.1) is 11.3 Å². The Bertz CT molecular complexity index is 1730. The summed E-state index contributed by atoms with van der Waals surface area (Å²) < 4.78 is 34.4. The molecule has 1 amide bonds. The maximum Gasteiger partial charge on any atom is 0.333 e. The fraction of sp³-hybridized carbons (Fsp3) is 0.448. The zero-order chi connectivity index (χ0) is 30.3. The van der Waals surface area contributed by atoms with E-state index >= 15 is 0 Å². The smallest absolute Gasteiger partial charge is 0.333 e. The van der Waals surface area contributed by atoms with Crippen LogP contribution in [0.3, 0.4) is 0 Å². The molecule has 224 valence electrons. The number of nitrogens with zero attached hydrogens (tertiary/aromatic N) is 3. The van der Waals surface area contributed by atoms with Gasteiger partial charge in [-0.3, -0.25) is 14.2 Å². The van der Waals surface area contributed by atoms with Crippen LogP contribution in [0.25, 0.3) is 21.0 Å². The van der Waals surface area contributed by atoms with Gasteiger partial charge in [0.05, 0.1) is 42.3 Å². The third-order valence-corrected chi connectivity index (χ3v) is 9.19. The Balaban J connectivity index is 1.75. The summed E-state index contributed by atoms with van der Waals surface area (Å²) >= 11 is 1.14. The van der Waals surface area contributed by atoms with Gasteiger partial charge in [0.2, 0.25) is 11.8 Å². The molecule has 0 saturated heterocycles. The quantitative estimate of drug-likeness (QED) is 0.296. The molecule has 0 bridgehead atoms. The third-order valence-electron chi connectivity index (χ3n) is 7.89. The highest BCUT2D eigenvalue weighted by Gasteiger charge is 2.35. The van der Waals surface area contributed by atoms with Crippen LogP contribution in [0.5, 0.6) is 5.75 Å². The molecule has 1 aliphatic rings. The third kappa shape index (κ3) is 5.27. The molecule has 1 saturated carbocycles. The molecule has 5 rings (SSSR count). The van der Waals surface area contributed by atoms with Gasteiger partial charge in [-0.25, -0.2) is 18.7 Å². The van der Waals surface area contributed by atoms with Crippen molar-refractivity contribution in [1.29, 1.82) is 0 Å². The molecular formula is C29H33FN4O7S. The normalized spacial score (nSPS) is 18.3. The van der Waals surface area contributed by atoms with Crippen LogP contribution in [0.2, 0.25) is 0 Å². The zero-order valence-electron chi connectivity index (χ0n) is 23.8. The topological polar surface area (TPSA) is 152 Å². The second kappa shape index (κ2) is 11.5. The van der Waals surface area contributed by atoms with Gasteiger partial charge in [0.15, 0.2) is 0 Å². The van der Waals surface area contributed by atoms with E-state index in [1.165, 1.54) is 56.2 Å². The number of aromatic nitrogens is 3. The molecule has 1 aromatic carbocycles. The van der Waals surface area contributed by atoms with Gasteiger partial charge in [0, 0.05) is 5.56 Å². The van der Waals surface area contributed by atoms with Crippen molar-refractivity contribution in [1.82, 2.24) is 14.1 Å². The van der Waals surface area contributed by atoms with Crippen molar-refractivity contribution in [3.8, 4) is 16.5 Å². The monoisotopic (exact) mass is 600 g/mol. The first-order valence-electron chi connectivity index (χ1n) is 13.6. The Morgan fingerprint density at radius 1 is 1.29 bits per heavy atom. The minimum atomic E-state index is -1.67. The molecular weight excluding hydrogens is 567 g/mol. The first-order valence-corrected chi connectivity index (χ1v) is 14.4. The van der Waals surface area contributed by atoms with Crippen LogP contribution in [0.15, 0.2) is 44.7 Å². The standard InChI is InChI=1S/C29H33FN4O7S/c1-15-22-25(36)34(29(2,3)27(31)37)28(38)33(26(22)42-23(15)24-32-11-12-40-24)14-21(41-18-8-6-17(35)7-9-18)19-13-16(30)5-10-20(19)39-4/h5,10-13,17-18,21,35H,6-9,14H2,1-4H3,(H2,31,37)/t17-,18+,21-/m0/s1. The Hall–Kier alpha value is -3.81. The Kier molecular flexibility index (Phi) is 8.10. The van der Waals surface area contributed by atoms with E-state index in [1.807, 2.05) is 0 Å². The molecule has 1 atom stereocenters. The highest BCUT2D eigenvalue weighted by Crippen LogP contribution is 2.38. The average Bonchev–Trinajstić information content (AvgIpc) is 3.59. The lowest BCUT2D eigenvalue weighted by Crippen LogP contribution is -2.54. The molecule has 42 heavy (non-hydrogen) atoms. The number of thiophene rings is 1. The van der Waals surface area contributed by atoms with Gasteiger partial charge >= 0.3 is 5.69 Å². The summed E-state index contributed by atoms with van der Waals surface area (Å²) in [6.45, 7) is 4.38. The summed E-state index contributed by atoms with van der Waals surface area (Å²) in [4.78, 5) is 45.6. The van der Waals surface area contributed by atoms with Crippen LogP contribution in [-0.4, -0.2) is 44.4 Å². The van der Waals surface area contributed by atoms with E-state index in [2.05, 4.69) is 4.98 Å². The van der Waals surface area contributed by atoms with Gasteiger partial charge in [-0.2, -0.15) is 0 Å². The lowest BCUT2D eigenvalue weighted by Gasteiger charge is -2.31. The Labute approximate surface area is 244 Å². The van der Waals surface area contributed by atoms with E-state index in [1.54, 1.807) is 6.92 Å². The number of nitrogens with two attached hydrogens (primary N) is 1. The molecule has 1 aliphatic carbocycles. The molecule has 3 heterocycles. The van der Waals surface area contributed by atoms with E-state index in [9.17, 15) is 23.9 Å². The first-order chi connectivity index (χ1) is 19.9. The fourth-order valence-electron chi connectivity index (χ4n) is 5.40. The number of halogens is 1. The number of carbonyl (C=O) groups is 1. The number of benzene rings is 1. The molecule has 3 N–H and O–H groups in total. The van der Waals surface area contributed by atoms with Crippen molar-refractivity contribution < 1.29 is 28.2 Å². The molecule has 3 aromatic heterocycles. The summed E-state index contributed by atoms with van der Waals surface area (Å²) in [6, 6.07) is 4.04. The lowest BCUT2D eigenvalue weighted by molar-refractivity contribution is -0.125. The largest absolute Gasteiger partial charge is 0.496 e. The lowest BCUT2D eigenvalue weighted by atomic mass is 9.94.